The topological polar surface area (TPSA) is 15.3 Å². The van der Waals surface area contributed by atoms with Crippen LogP contribution in [-0.4, -0.2) is 30.1 Å². The summed E-state index contributed by atoms with van der Waals surface area (Å²) in [5.41, 5.74) is 1.16. The maximum absolute atomic E-state index is 6.38. The Labute approximate surface area is 132 Å². The smallest absolute Gasteiger partial charge is 0.0468 e. The van der Waals surface area contributed by atoms with Crippen molar-refractivity contribution in [3.63, 3.8) is 0 Å². The summed E-state index contributed by atoms with van der Waals surface area (Å²) in [6, 6.07) is 7.17. The number of hydrogen-bond acceptors (Lipinski definition) is 2. The van der Waals surface area contributed by atoms with Crippen LogP contribution in [0.2, 0.25) is 10.0 Å². The Morgan fingerprint density at radius 2 is 1.95 bits per heavy atom. The van der Waals surface area contributed by atoms with E-state index in [0.717, 1.165) is 23.7 Å². The van der Waals surface area contributed by atoms with Crippen LogP contribution in [0.3, 0.4) is 0 Å². The molecule has 0 aliphatic carbocycles. The fraction of sp³-hybridized carbons (Fsp3) is 0.625. The first-order chi connectivity index (χ1) is 9.40. The van der Waals surface area contributed by atoms with E-state index in [1.54, 1.807) is 0 Å². The molecule has 1 saturated heterocycles. The number of benzene rings is 1. The van der Waals surface area contributed by atoms with E-state index in [1.807, 2.05) is 12.1 Å². The molecule has 112 valence electrons. The molecule has 1 fully saturated rings. The van der Waals surface area contributed by atoms with Gasteiger partial charge in [-0.15, -0.1) is 0 Å². The normalized spacial score (nSPS) is 25.9. The van der Waals surface area contributed by atoms with E-state index in [2.05, 4.69) is 44.0 Å². The van der Waals surface area contributed by atoms with Gasteiger partial charge in [-0.1, -0.05) is 43.1 Å². The summed E-state index contributed by atoms with van der Waals surface area (Å²) < 4.78 is 0. The van der Waals surface area contributed by atoms with Crippen molar-refractivity contribution in [3.05, 3.63) is 33.8 Å². The summed E-state index contributed by atoms with van der Waals surface area (Å²) in [5.74, 6) is 0.614. The summed E-state index contributed by atoms with van der Waals surface area (Å²) in [6.45, 7) is 11.1. The lowest BCUT2D eigenvalue weighted by atomic mass is 9.94. The van der Waals surface area contributed by atoms with Gasteiger partial charge in [0.25, 0.3) is 0 Å². The Hall–Kier alpha value is -0.280. The second kappa shape index (κ2) is 6.65. The molecule has 1 heterocycles. The molecule has 4 heteroatoms. The monoisotopic (exact) mass is 314 g/mol. The second-order valence-electron chi connectivity index (χ2n) is 6.16. The lowest BCUT2D eigenvalue weighted by molar-refractivity contribution is 0.0657. The number of halogens is 2. The molecule has 1 aliphatic rings. The molecular formula is C16H24Cl2N2. The molecule has 1 aliphatic heterocycles. The van der Waals surface area contributed by atoms with Gasteiger partial charge in [0, 0.05) is 41.3 Å². The van der Waals surface area contributed by atoms with Gasteiger partial charge in [0.05, 0.1) is 0 Å². The van der Waals surface area contributed by atoms with E-state index in [-0.39, 0.29) is 0 Å². The molecule has 0 saturated carbocycles. The Balaban J connectivity index is 2.26. The van der Waals surface area contributed by atoms with Crippen LogP contribution in [0.15, 0.2) is 18.2 Å². The summed E-state index contributed by atoms with van der Waals surface area (Å²) in [5, 5.41) is 5.03. The van der Waals surface area contributed by atoms with Crippen molar-refractivity contribution in [3.8, 4) is 0 Å². The first-order valence-corrected chi connectivity index (χ1v) is 8.09. The zero-order valence-corrected chi connectivity index (χ0v) is 14.2. The quantitative estimate of drug-likeness (QED) is 0.891. The lowest BCUT2D eigenvalue weighted by Crippen LogP contribution is -2.57. The van der Waals surface area contributed by atoms with Gasteiger partial charge in [-0.2, -0.15) is 0 Å². The van der Waals surface area contributed by atoms with Gasteiger partial charge in [0.1, 0.15) is 0 Å². The largest absolute Gasteiger partial charge is 0.311 e. The Morgan fingerprint density at radius 3 is 2.55 bits per heavy atom. The lowest BCUT2D eigenvalue weighted by Gasteiger charge is -2.45. The predicted octanol–water partition coefficient (Wildman–Crippen LogP) is 4.37. The fourth-order valence-electron chi connectivity index (χ4n) is 3.04. The Morgan fingerprint density at radius 1 is 1.25 bits per heavy atom. The molecule has 2 nitrogen and oxygen atoms in total. The Kier molecular flexibility index (Phi) is 5.36. The maximum Gasteiger partial charge on any atom is 0.0468 e. The van der Waals surface area contributed by atoms with Crippen LogP contribution in [0, 0.1) is 5.92 Å². The number of piperazine rings is 1. The number of nitrogens with one attached hydrogen (secondary N) is 1. The van der Waals surface area contributed by atoms with Crippen molar-refractivity contribution < 1.29 is 0 Å². The van der Waals surface area contributed by atoms with Crippen LogP contribution in [0.25, 0.3) is 0 Å². The summed E-state index contributed by atoms with van der Waals surface area (Å²) in [7, 11) is 0. The number of nitrogens with zero attached hydrogens (tertiary/aromatic N) is 1. The second-order valence-corrected chi connectivity index (χ2v) is 7.00. The van der Waals surface area contributed by atoms with Gasteiger partial charge in [0.15, 0.2) is 0 Å². The number of rotatable bonds is 3. The van der Waals surface area contributed by atoms with E-state index in [4.69, 9.17) is 23.2 Å². The van der Waals surface area contributed by atoms with Crippen molar-refractivity contribution in [1.82, 2.24) is 10.2 Å². The van der Waals surface area contributed by atoms with E-state index >= 15 is 0 Å². The molecule has 0 amide bonds. The molecule has 0 bridgehead atoms. The molecule has 3 atom stereocenters. The van der Waals surface area contributed by atoms with Crippen molar-refractivity contribution in [2.75, 3.05) is 13.1 Å². The van der Waals surface area contributed by atoms with E-state index in [9.17, 15) is 0 Å². The number of hydrogen-bond donors (Lipinski definition) is 1. The van der Waals surface area contributed by atoms with Crippen molar-refractivity contribution >= 4 is 23.2 Å². The third-order valence-electron chi connectivity index (χ3n) is 4.27. The highest BCUT2D eigenvalue weighted by molar-refractivity contribution is 6.35. The minimum atomic E-state index is 0.303. The molecule has 20 heavy (non-hydrogen) atoms. The van der Waals surface area contributed by atoms with Crippen LogP contribution in [0.4, 0.5) is 0 Å². The Bertz CT molecular complexity index is 462. The minimum Gasteiger partial charge on any atom is -0.311 e. The molecule has 3 unspecified atom stereocenters. The minimum absolute atomic E-state index is 0.303. The van der Waals surface area contributed by atoms with E-state index in [1.165, 1.54) is 0 Å². The molecule has 1 aromatic rings. The molecule has 0 aromatic heterocycles. The average Bonchev–Trinajstić information content (AvgIpc) is 2.37. The third-order valence-corrected chi connectivity index (χ3v) is 4.83. The highest BCUT2D eigenvalue weighted by atomic mass is 35.5. The van der Waals surface area contributed by atoms with Gasteiger partial charge < -0.3 is 5.32 Å². The SMILES string of the molecule is CC1CN(C(C)c2ccc(Cl)cc2Cl)C(C(C)C)CN1. The average molecular weight is 315 g/mol. The molecule has 0 spiro atoms. The van der Waals surface area contributed by atoms with Crippen LogP contribution in [-0.2, 0) is 0 Å². The standard InChI is InChI=1S/C16H24Cl2N2/c1-10(2)16-8-19-11(3)9-20(16)12(4)14-6-5-13(17)7-15(14)18/h5-7,10-12,16,19H,8-9H2,1-4H3. The highest BCUT2D eigenvalue weighted by Crippen LogP contribution is 2.33. The van der Waals surface area contributed by atoms with Crippen molar-refractivity contribution in [2.24, 2.45) is 5.92 Å². The van der Waals surface area contributed by atoms with Crippen LogP contribution < -0.4 is 5.32 Å². The third kappa shape index (κ3) is 3.48. The highest BCUT2D eigenvalue weighted by Gasteiger charge is 2.32. The van der Waals surface area contributed by atoms with Crippen molar-refractivity contribution in [2.45, 2.75) is 45.8 Å². The summed E-state index contributed by atoms with van der Waals surface area (Å²) >= 11 is 12.4. The van der Waals surface area contributed by atoms with Crippen LogP contribution >= 0.6 is 23.2 Å². The fourth-order valence-corrected chi connectivity index (χ4v) is 3.60. The molecular weight excluding hydrogens is 291 g/mol. The van der Waals surface area contributed by atoms with Gasteiger partial charge in [-0.3, -0.25) is 4.90 Å². The van der Waals surface area contributed by atoms with E-state index in [0.29, 0.717) is 29.1 Å². The first-order valence-electron chi connectivity index (χ1n) is 7.34. The molecule has 1 N–H and O–H groups in total. The van der Waals surface area contributed by atoms with Crippen molar-refractivity contribution in [1.29, 1.82) is 0 Å². The summed E-state index contributed by atoms with van der Waals surface area (Å²) in [6.07, 6.45) is 0. The zero-order valence-electron chi connectivity index (χ0n) is 12.7. The maximum atomic E-state index is 6.38. The first kappa shape index (κ1) is 16.1. The van der Waals surface area contributed by atoms with E-state index < -0.39 is 0 Å². The van der Waals surface area contributed by atoms with Gasteiger partial charge in [-0.05, 0) is 37.5 Å². The van der Waals surface area contributed by atoms with Crippen LogP contribution in [0.5, 0.6) is 0 Å². The van der Waals surface area contributed by atoms with Gasteiger partial charge >= 0.3 is 0 Å². The molecule has 0 radical (unpaired) electrons. The molecule has 2 rings (SSSR count). The van der Waals surface area contributed by atoms with Gasteiger partial charge in [0.2, 0.25) is 0 Å². The molecule has 1 aromatic carbocycles. The summed E-state index contributed by atoms with van der Waals surface area (Å²) in [4.78, 5) is 2.57. The van der Waals surface area contributed by atoms with Gasteiger partial charge in [-0.25, -0.2) is 0 Å². The predicted molar refractivity (Wildman–Crippen MR) is 87.7 cm³/mol. The van der Waals surface area contributed by atoms with Crippen LogP contribution in [0.1, 0.15) is 39.3 Å². The zero-order chi connectivity index (χ0) is 14.9.